The third kappa shape index (κ3) is 4.67. The molecule has 0 saturated carbocycles. The molecule has 2 aromatic carbocycles. The molecule has 3 aromatic rings. The largest absolute Gasteiger partial charge is 0.320 e. The maximum Gasteiger partial charge on any atom is 0.244 e. The Bertz CT molecular complexity index is 1190. The first-order valence-electron chi connectivity index (χ1n) is 8.61. The molecular weight excluding hydrogens is 494 g/mol. The van der Waals surface area contributed by atoms with Crippen LogP contribution in [-0.2, 0) is 17.1 Å². The quantitative estimate of drug-likeness (QED) is 0.485. The molecule has 0 saturated heterocycles. The molecule has 0 unspecified atom stereocenters. The minimum atomic E-state index is -3.63. The van der Waals surface area contributed by atoms with Gasteiger partial charge in [-0.3, -0.25) is 0 Å². The number of halogens is 2. The molecule has 0 fully saturated rings. The highest BCUT2D eigenvalue weighted by Crippen LogP contribution is 2.30. The van der Waals surface area contributed by atoms with Gasteiger partial charge in [0.1, 0.15) is 4.90 Å². The third-order valence-corrected chi connectivity index (χ3v) is 7.77. The minimum Gasteiger partial charge on any atom is -0.320 e. The van der Waals surface area contributed by atoms with E-state index in [-0.39, 0.29) is 26.9 Å². The van der Waals surface area contributed by atoms with Crippen LogP contribution >= 0.6 is 39.9 Å². The Balaban J connectivity index is 0.00000300. The lowest BCUT2D eigenvalue weighted by Gasteiger charge is -2.14. The van der Waals surface area contributed by atoms with Crippen molar-refractivity contribution in [3.63, 3.8) is 0 Å². The fourth-order valence-electron chi connectivity index (χ4n) is 2.87. The molecule has 0 amide bonds. The number of benzene rings is 2. The molecule has 0 bridgehead atoms. The van der Waals surface area contributed by atoms with Gasteiger partial charge in [-0.2, -0.15) is 0 Å². The number of sulfonamides is 1. The van der Waals surface area contributed by atoms with E-state index in [1.165, 1.54) is 25.4 Å². The summed E-state index contributed by atoms with van der Waals surface area (Å²) in [7, 11) is 1.27. The van der Waals surface area contributed by atoms with Crippen molar-refractivity contribution in [3.8, 4) is 11.3 Å². The molecular formula is C20H23BrClN3O2S2. The van der Waals surface area contributed by atoms with Gasteiger partial charge in [0.2, 0.25) is 10.0 Å². The molecule has 156 valence electrons. The molecule has 0 atom stereocenters. The van der Waals surface area contributed by atoms with E-state index in [1.807, 2.05) is 55.1 Å². The van der Waals surface area contributed by atoms with Gasteiger partial charge in [0.25, 0.3) is 0 Å². The molecule has 3 rings (SSSR count). The van der Waals surface area contributed by atoms with Crippen LogP contribution in [0.3, 0.4) is 0 Å². The lowest BCUT2D eigenvalue weighted by Crippen LogP contribution is -2.22. The fourth-order valence-corrected chi connectivity index (χ4v) is 5.17. The maximum atomic E-state index is 12.6. The molecule has 29 heavy (non-hydrogen) atoms. The predicted octanol–water partition coefficient (Wildman–Crippen LogP) is 5.08. The number of rotatable bonds is 4. The Morgan fingerprint density at radius 1 is 1.10 bits per heavy atom. The zero-order valence-electron chi connectivity index (χ0n) is 16.8. The van der Waals surface area contributed by atoms with Crippen LogP contribution in [0.15, 0.2) is 51.7 Å². The van der Waals surface area contributed by atoms with E-state index in [2.05, 4.69) is 0 Å². The molecule has 0 aliphatic heterocycles. The molecule has 0 radical (unpaired) electrons. The first-order chi connectivity index (χ1) is 13.1. The number of aryl methyl sites for hydroxylation is 2. The summed E-state index contributed by atoms with van der Waals surface area (Å²) in [6, 6.07) is 11.2. The Hall–Kier alpha value is -1.45. The van der Waals surface area contributed by atoms with Crippen LogP contribution in [-0.4, -0.2) is 31.4 Å². The number of thiazole rings is 1. The van der Waals surface area contributed by atoms with Crippen molar-refractivity contribution in [1.29, 1.82) is 0 Å². The van der Waals surface area contributed by atoms with Crippen LogP contribution < -0.4 is 4.80 Å². The van der Waals surface area contributed by atoms with E-state index in [1.54, 1.807) is 12.1 Å². The number of hydrogen-bond donors (Lipinski definition) is 0. The van der Waals surface area contributed by atoms with Gasteiger partial charge in [0.15, 0.2) is 4.80 Å². The van der Waals surface area contributed by atoms with Gasteiger partial charge in [0, 0.05) is 32.1 Å². The van der Waals surface area contributed by atoms with Crippen LogP contribution in [0.2, 0.25) is 5.02 Å². The Kier molecular flexibility index (Phi) is 7.51. The summed E-state index contributed by atoms with van der Waals surface area (Å²) in [5, 5.41) is 2.18. The highest BCUT2D eigenvalue weighted by molar-refractivity contribution is 8.93. The van der Waals surface area contributed by atoms with Crippen LogP contribution in [0.1, 0.15) is 11.1 Å². The summed E-state index contributed by atoms with van der Waals surface area (Å²) in [6.45, 7) is 4.08. The zero-order chi connectivity index (χ0) is 20.6. The molecule has 0 N–H and O–H groups in total. The molecule has 1 aromatic heterocycles. The lowest BCUT2D eigenvalue weighted by atomic mass is 10.1. The lowest BCUT2D eigenvalue weighted by molar-refractivity contribution is 0.521. The van der Waals surface area contributed by atoms with Crippen LogP contribution in [0.4, 0.5) is 5.69 Å². The Morgan fingerprint density at radius 2 is 1.72 bits per heavy atom. The van der Waals surface area contributed by atoms with Gasteiger partial charge in [-0.05, 0) is 37.1 Å². The van der Waals surface area contributed by atoms with E-state index in [4.69, 9.17) is 16.6 Å². The molecule has 0 aliphatic rings. The van der Waals surface area contributed by atoms with Crippen molar-refractivity contribution in [2.75, 3.05) is 14.1 Å². The molecule has 5 nitrogen and oxygen atoms in total. The van der Waals surface area contributed by atoms with Crippen molar-refractivity contribution in [1.82, 2.24) is 8.87 Å². The minimum absolute atomic E-state index is 0. The normalized spacial score (nSPS) is 12.3. The number of aromatic nitrogens is 1. The second-order valence-corrected chi connectivity index (χ2v) is 10.1. The van der Waals surface area contributed by atoms with Crippen molar-refractivity contribution in [2.45, 2.75) is 18.7 Å². The highest BCUT2D eigenvalue weighted by Gasteiger charge is 2.22. The second kappa shape index (κ2) is 9.14. The van der Waals surface area contributed by atoms with E-state index < -0.39 is 10.0 Å². The maximum absolute atomic E-state index is 12.6. The fraction of sp³-hybridized carbons (Fsp3) is 0.250. The van der Waals surface area contributed by atoms with Crippen LogP contribution in [0, 0.1) is 13.8 Å². The van der Waals surface area contributed by atoms with E-state index in [0.717, 1.165) is 37.2 Å². The van der Waals surface area contributed by atoms with Gasteiger partial charge in [-0.15, -0.1) is 28.3 Å². The van der Waals surface area contributed by atoms with Crippen molar-refractivity contribution >= 4 is 55.6 Å². The standard InChI is InChI=1S/C20H22ClN3O2S2.BrH/c1-13-7-6-8-14(2)19(13)22-20-24(5)17(12-27-20)15-9-10-16(21)18(11-15)28(25,26)23(3)4;/h6-12H,1-5H3;1H. The monoisotopic (exact) mass is 515 g/mol. The number of hydrogen-bond acceptors (Lipinski definition) is 4. The number of para-hydroxylation sites is 1. The van der Waals surface area contributed by atoms with Crippen LogP contribution in [0.5, 0.6) is 0 Å². The summed E-state index contributed by atoms with van der Waals surface area (Å²) in [6.07, 6.45) is 0. The summed E-state index contributed by atoms with van der Waals surface area (Å²) >= 11 is 7.68. The van der Waals surface area contributed by atoms with E-state index in [0.29, 0.717) is 0 Å². The first kappa shape index (κ1) is 23.8. The molecule has 0 spiro atoms. The topological polar surface area (TPSA) is 54.7 Å². The summed E-state index contributed by atoms with van der Waals surface area (Å²) in [5.41, 5.74) is 4.83. The van der Waals surface area contributed by atoms with Gasteiger partial charge in [-0.1, -0.05) is 35.9 Å². The van der Waals surface area contributed by atoms with Gasteiger partial charge >= 0.3 is 0 Å². The van der Waals surface area contributed by atoms with Gasteiger partial charge in [0.05, 0.1) is 16.4 Å². The first-order valence-corrected chi connectivity index (χ1v) is 11.3. The smallest absolute Gasteiger partial charge is 0.244 e. The number of nitrogens with zero attached hydrogens (tertiary/aromatic N) is 3. The molecule has 9 heteroatoms. The molecule has 0 aliphatic carbocycles. The van der Waals surface area contributed by atoms with Crippen LogP contribution in [0.25, 0.3) is 11.3 Å². The Labute approximate surface area is 191 Å². The summed E-state index contributed by atoms with van der Waals surface area (Å²) in [4.78, 5) is 5.76. The predicted molar refractivity (Wildman–Crippen MR) is 126 cm³/mol. The van der Waals surface area contributed by atoms with Crippen molar-refractivity contribution < 1.29 is 8.42 Å². The van der Waals surface area contributed by atoms with Gasteiger partial charge in [-0.25, -0.2) is 17.7 Å². The highest BCUT2D eigenvalue weighted by atomic mass is 79.9. The van der Waals surface area contributed by atoms with Crippen molar-refractivity contribution in [3.05, 3.63) is 62.7 Å². The third-order valence-electron chi connectivity index (χ3n) is 4.56. The average Bonchev–Trinajstić information content (AvgIpc) is 2.99. The average molecular weight is 517 g/mol. The molecule has 1 heterocycles. The Morgan fingerprint density at radius 3 is 2.31 bits per heavy atom. The second-order valence-electron chi connectivity index (χ2n) is 6.75. The SMILES string of the molecule is Br.Cc1cccc(C)c1N=c1scc(-c2ccc(Cl)c(S(=O)(=O)N(C)C)c2)n1C. The summed E-state index contributed by atoms with van der Waals surface area (Å²) < 4.78 is 28.2. The zero-order valence-corrected chi connectivity index (χ0v) is 20.9. The van der Waals surface area contributed by atoms with E-state index in [9.17, 15) is 8.42 Å². The summed E-state index contributed by atoms with van der Waals surface area (Å²) in [5.74, 6) is 0. The van der Waals surface area contributed by atoms with Gasteiger partial charge < -0.3 is 4.57 Å². The van der Waals surface area contributed by atoms with Crippen molar-refractivity contribution in [2.24, 2.45) is 12.0 Å². The van der Waals surface area contributed by atoms with E-state index >= 15 is 0 Å².